The fraction of sp³-hybridized carbons (Fsp3) is 0.429. The highest BCUT2D eigenvalue weighted by Gasteiger charge is 2.24. The molecule has 29 heavy (non-hydrogen) atoms. The number of pyridine rings is 1. The highest BCUT2D eigenvalue weighted by molar-refractivity contribution is 5.82. The summed E-state index contributed by atoms with van der Waals surface area (Å²) in [7, 11) is 0. The third-order valence-electron chi connectivity index (χ3n) is 5.34. The van der Waals surface area contributed by atoms with E-state index < -0.39 is 6.43 Å². The minimum Gasteiger partial charge on any atom is -0.353 e. The molecule has 0 saturated carbocycles. The molecule has 6 nitrogen and oxygen atoms in total. The van der Waals surface area contributed by atoms with Crippen LogP contribution in [-0.2, 0) is 0 Å². The van der Waals surface area contributed by atoms with Crippen molar-refractivity contribution in [1.82, 2.24) is 15.4 Å². The van der Waals surface area contributed by atoms with Crippen molar-refractivity contribution in [3.63, 3.8) is 0 Å². The molecule has 8 heteroatoms. The van der Waals surface area contributed by atoms with Crippen LogP contribution in [0.1, 0.15) is 43.7 Å². The number of hydrogen-bond acceptors (Lipinski definition) is 4. The second kappa shape index (κ2) is 9.65. The van der Waals surface area contributed by atoms with Crippen LogP contribution in [-0.4, -0.2) is 47.2 Å². The summed E-state index contributed by atoms with van der Waals surface area (Å²) in [6, 6.07) is 10.9. The second-order valence-corrected chi connectivity index (χ2v) is 7.14. The molecular formula is C21H27F2N5O. The number of nitrogens with zero attached hydrogens (tertiary/aromatic N) is 4. The SMILES string of the molecule is CCC(C)c1ccc(N=C(NO)N2CCN(c3ncccc3C(F)F)CC2)cc1. The van der Waals surface area contributed by atoms with Gasteiger partial charge >= 0.3 is 0 Å². The zero-order chi connectivity index (χ0) is 20.8. The van der Waals surface area contributed by atoms with Crippen LogP contribution in [0.3, 0.4) is 0 Å². The summed E-state index contributed by atoms with van der Waals surface area (Å²) in [6.45, 7) is 6.39. The molecule has 1 atom stereocenters. The molecule has 1 aromatic heterocycles. The number of piperazine rings is 1. The van der Waals surface area contributed by atoms with Gasteiger partial charge in [-0.05, 0) is 42.2 Å². The van der Waals surface area contributed by atoms with E-state index in [1.54, 1.807) is 0 Å². The molecule has 1 aliphatic heterocycles. The molecule has 1 aliphatic rings. The smallest absolute Gasteiger partial charge is 0.267 e. The number of hydroxylamine groups is 1. The molecule has 156 valence electrons. The number of anilines is 1. The van der Waals surface area contributed by atoms with Gasteiger partial charge in [0, 0.05) is 32.4 Å². The average molecular weight is 403 g/mol. The van der Waals surface area contributed by atoms with Crippen molar-refractivity contribution in [1.29, 1.82) is 0 Å². The second-order valence-electron chi connectivity index (χ2n) is 7.14. The summed E-state index contributed by atoms with van der Waals surface area (Å²) in [5.41, 5.74) is 4.11. The molecule has 0 bridgehead atoms. The zero-order valence-electron chi connectivity index (χ0n) is 16.7. The van der Waals surface area contributed by atoms with E-state index in [0.29, 0.717) is 43.9 Å². The predicted octanol–water partition coefficient (Wildman–Crippen LogP) is 4.32. The Bertz CT molecular complexity index is 820. The first-order chi connectivity index (χ1) is 14.0. The van der Waals surface area contributed by atoms with E-state index in [0.717, 1.165) is 12.1 Å². The van der Waals surface area contributed by atoms with Crippen LogP contribution in [0.4, 0.5) is 20.3 Å². The lowest BCUT2D eigenvalue weighted by atomic mass is 9.99. The van der Waals surface area contributed by atoms with Crippen LogP contribution in [0, 0.1) is 0 Å². The Morgan fingerprint density at radius 2 is 1.86 bits per heavy atom. The average Bonchev–Trinajstić information content (AvgIpc) is 2.77. The molecule has 1 fully saturated rings. The number of benzene rings is 1. The van der Waals surface area contributed by atoms with Gasteiger partial charge in [-0.1, -0.05) is 26.0 Å². The van der Waals surface area contributed by atoms with Crippen LogP contribution >= 0.6 is 0 Å². The summed E-state index contributed by atoms with van der Waals surface area (Å²) in [5, 5.41) is 9.57. The van der Waals surface area contributed by atoms with Gasteiger partial charge in [-0.2, -0.15) is 0 Å². The Labute approximate surface area is 169 Å². The number of guanidine groups is 1. The molecule has 0 amide bonds. The van der Waals surface area contributed by atoms with Crippen molar-refractivity contribution in [2.24, 2.45) is 4.99 Å². The minimum absolute atomic E-state index is 0.0588. The Hall–Kier alpha value is -2.74. The maximum atomic E-state index is 13.2. The molecule has 0 radical (unpaired) electrons. The van der Waals surface area contributed by atoms with Crippen molar-refractivity contribution >= 4 is 17.5 Å². The van der Waals surface area contributed by atoms with Crippen LogP contribution in [0.15, 0.2) is 47.6 Å². The molecule has 2 heterocycles. The Morgan fingerprint density at radius 1 is 1.17 bits per heavy atom. The number of alkyl halides is 2. The van der Waals surface area contributed by atoms with Gasteiger partial charge in [0.15, 0.2) is 0 Å². The number of hydrogen-bond donors (Lipinski definition) is 2. The predicted molar refractivity (Wildman–Crippen MR) is 110 cm³/mol. The summed E-state index contributed by atoms with van der Waals surface area (Å²) < 4.78 is 26.5. The van der Waals surface area contributed by atoms with Gasteiger partial charge < -0.3 is 9.80 Å². The minimum atomic E-state index is -2.56. The Morgan fingerprint density at radius 3 is 2.45 bits per heavy atom. The third kappa shape index (κ3) is 5.00. The summed E-state index contributed by atoms with van der Waals surface area (Å²) in [6.07, 6.45) is 0.0324. The highest BCUT2D eigenvalue weighted by atomic mass is 19.3. The lowest BCUT2D eigenvalue weighted by Gasteiger charge is -2.37. The molecule has 2 aromatic rings. The summed E-state index contributed by atoms with van der Waals surface area (Å²) in [5.74, 6) is 1.15. The van der Waals surface area contributed by atoms with Gasteiger partial charge in [0.05, 0.1) is 11.3 Å². The quantitative estimate of drug-likeness (QED) is 0.442. The zero-order valence-corrected chi connectivity index (χ0v) is 16.7. The van der Waals surface area contributed by atoms with Crippen LogP contribution in [0.25, 0.3) is 0 Å². The maximum absolute atomic E-state index is 13.2. The van der Waals surface area contributed by atoms with E-state index >= 15 is 0 Å². The summed E-state index contributed by atoms with van der Waals surface area (Å²) in [4.78, 5) is 12.4. The van der Waals surface area contributed by atoms with E-state index in [4.69, 9.17) is 0 Å². The fourth-order valence-corrected chi connectivity index (χ4v) is 3.38. The van der Waals surface area contributed by atoms with Crippen molar-refractivity contribution < 1.29 is 14.0 Å². The van der Waals surface area contributed by atoms with Gasteiger partial charge in [0.2, 0.25) is 5.96 Å². The van der Waals surface area contributed by atoms with Gasteiger partial charge in [0.25, 0.3) is 6.43 Å². The number of aliphatic imine (C=N–C) groups is 1. The topological polar surface area (TPSA) is 64.0 Å². The first-order valence-corrected chi connectivity index (χ1v) is 9.85. The molecule has 2 N–H and O–H groups in total. The molecule has 0 spiro atoms. The molecular weight excluding hydrogens is 376 g/mol. The van der Waals surface area contributed by atoms with E-state index in [-0.39, 0.29) is 5.56 Å². The fourth-order valence-electron chi connectivity index (χ4n) is 3.38. The lowest BCUT2D eigenvalue weighted by molar-refractivity contribution is 0.151. The van der Waals surface area contributed by atoms with Crippen molar-refractivity contribution in [3.05, 3.63) is 53.7 Å². The van der Waals surface area contributed by atoms with Crippen molar-refractivity contribution in [2.75, 3.05) is 31.1 Å². The van der Waals surface area contributed by atoms with Gasteiger partial charge in [0.1, 0.15) is 5.82 Å². The molecule has 1 unspecified atom stereocenters. The Balaban J connectivity index is 1.68. The molecule has 3 rings (SSSR count). The first-order valence-electron chi connectivity index (χ1n) is 9.85. The van der Waals surface area contributed by atoms with Gasteiger partial charge in [-0.3, -0.25) is 5.21 Å². The van der Waals surface area contributed by atoms with Crippen LogP contribution < -0.4 is 10.4 Å². The van der Waals surface area contributed by atoms with Gasteiger partial charge in [-0.25, -0.2) is 24.2 Å². The summed E-state index contributed by atoms with van der Waals surface area (Å²) >= 11 is 0. The molecule has 0 aliphatic carbocycles. The number of rotatable bonds is 5. The van der Waals surface area contributed by atoms with Crippen molar-refractivity contribution in [2.45, 2.75) is 32.6 Å². The largest absolute Gasteiger partial charge is 0.353 e. The third-order valence-corrected chi connectivity index (χ3v) is 5.34. The lowest BCUT2D eigenvalue weighted by Crippen LogP contribution is -2.52. The van der Waals surface area contributed by atoms with E-state index in [1.807, 2.05) is 34.1 Å². The van der Waals surface area contributed by atoms with Crippen molar-refractivity contribution in [3.8, 4) is 0 Å². The van der Waals surface area contributed by atoms with E-state index in [1.165, 1.54) is 23.9 Å². The van der Waals surface area contributed by atoms with Gasteiger partial charge in [-0.15, -0.1) is 0 Å². The van der Waals surface area contributed by atoms with Crippen LogP contribution in [0.2, 0.25) is 0 Å². The number of nitrogens with one attached hydrogen (secondary N) is 1. The molecule has 1 aromatic carbocycles. The monoisotopic (exact) mass is 403 g/mol. The molecule has 1 saturated heterocycles. The highest BCUT2D eigenvalue weighted by Crippen LogP contribution is 2.28. The number of aromatic nitrogens is 1. The maximum Gasteiger partial charge on any atom is 0.267 e. The van der Waals surface area contributed by atoms with E-state index in [2.05, 4.69) is 29.3 Å². The van der Waals surface area contributed by atoms with E-state index in [9.17, 15) is 14.0 Å². The first kappa shape index (κ1) is 21.0. The Kier molecular flexibility index (Phi) is 6.98. The standard InChI is InChI=1S/C21H27F2N5O/c1-3-15(2)16-6-8-17(9-7-16)25-21(26-29)28-13-11-27(12-14-28)20-18(19(22)23)5-4-10-24-20/h4-10,15,19,29H,3,11-14H2,1-2H3,(H,25,26). The normalized spacial score (nSPS) is 16.3. The number of halogens is 2. The van der Waals surface area contributed by atoms with Crippen LogP contribution in [0.5, 0.6) is 0 Å².